The lowest BCUT2D eigenvalue weighted by Crippen LogP contribution is -2.29. The number of halogens is 1. The molecule has 1 heterocycles. The van der Waals surface area contributed by atoms with Crippen molar-refractivity contribution in [2.75, 3.05) is 19.7 Å². The number of aliphatic hydroxyl groups excluding tert-OH is 1. The Labute approximate surface area is 110 Å². The molecular formula is C13H18BrNO2. The molecule has 0 aromatic heterocycles. The van der Waals surface area contributed by atoms with Gasteiger partial charge in [-0.25, -0.2) is 0 Å². The lowest BCUT2D eigenvalue weighted by Gasteiger charge is -2.15. The topological polar surface area (TPSA) is 41.5 Å². The van der Waals surface area contributed by atoms with Crippen LogP contribution in [0.5, 0.6) is 0 Å². The normalized spacial score (nSPS) is 21.6. The molecule has 4 heteroatoms. The Hall–Kier alpha value is -0.420. The molecule has 2 unspecified atom stereocenters. The summed E-state index contributed by atoms with van der Waals surface area (Å²) in [5.74, 6) is 0. The molecule has 0 amide bonds. The second-order valence-electron chi connectivity index (χ2n) is 4.36. The zero-order valence-electron chi connectivity index (χ0n) is 9.73. The molecule has 2 N–H and O–H groups in total. The summed E-state index contributed by atoms with van der Waals surface area (Å²) >= 11 is 3.40. The maximum absolute atomic E-state index is 9.99. The Morgan fingerprint density at radius 3 is 3.12 bits per heavy atom. The molecular weight excluding hydrogens is 282 g/mol. The molecule has 1 aromatic carbocycles. The minimum absolute atomic E-state index is 0.324. The maximum Gasteiger partial charge on any atom is 0.0914 e. The van der Waals surface area contributed by atoms with Crippen molar-refractivity contribution in [3.63, 3.8) is 0 Å². The maximum atomic E-state index is 9.99. The van der Waals surface area contributed by atoms with Gasteiger partial charge < -0.3 is 15.2 Å². The van der Waals surface area contributed by atoms with Crippen LogP contribution in [0.4, 0.5) is 0 Å². The van der Waals surface area contributed by atoms with Crippen molar-refractivity contribution in [2.45, 2.75) is 25.0 Å². The van der Waals surface area contributed by atoms with Gasteiger partial charge in [0.15, 0.2) is 0 Å². The van der Waals surface area contributed by atoms with E-state index in [9.17, 15) is 5.11 Å². The van der Waals surface area contributed by atoms with E-state index in [1.165, 1.54) is 0 Å². The Kier molecular flexibility index (Phi) is 4.98. The number of rotatable bonds is 5. The van der Waals surface area contributed by atoms with E-state index in [0.29, 0.717) is 12.6 Å². The SMILES string of the molecule is OC(CNCC1CCCO1)c1cccc(Br)c1. The Bertz CT molecular complexity index is 353. The van der Waals surface area contributed by atoms with Gasteiger partial charge in [0.1, 0.15) is 0 Å². The molecule has 0 radical (unpaired) electrons. The molecule has 3 nitrogen and oxygen atoms in total. The summed E-state index contributed by atoms with van der Waals surface area (Å²) < 4.78 is 6.50. The van der Waals surface area contributed by atoms with E-state index in [1.54, 1.807) is 0 Å². The minimum Gasteiger partial charge on any atom is -0.387 e. The van der Waals surface area contributed by atoms with Gasteiger partial charge in [-0.2, -0.15) is 0 Å². The molecule has 0 aliphatic carbocycles. The third kappa shape index (κ3) is 4.07. The molecule has 1 aliphatic heterocycles. The smallest absolute Gasteiger partial charge is 0.0914 e. The lowest BCUT2D eigenvalue weighted by molar-refractivity contribution is 0.103. The van der Waals surface area contributed by atoms with E-state index in [4.69, 9.17) is 4.74 Å². The number of nitrogens with one attached hydrogen (secondary N) is 1. The number of hydrogen-bond donors (Lipinski definition) is 2. The fourth-order valence-corrected chi connectivity index (χ4v) is 2.44. The second-order valence-corrected chi connectivity index (χ2v) is 5.28. The fourth-order valence-electron chi connectivity index (χ4n) is 2.02. The van der Waals surface area contributed by atoms with Gasteiger partial charge in [-0.3, -0.25) is 0 Å². The van der Waals surface area contributed by atoms with E-state index in [0.717, 1.165) is 36.0 Å². The average molecular weight is 300 g/mol. The highest BCUT2D eigenvalue weighted by Crippen LogP contribution is 2.17. The summed E-state index contributed by atoms with van der Waals surface area (Å²) in [4.78, 5) is 0. The van der Waals surface area contributed by atoms with Crippen LogP contribution in [0.3, 0.4) is 0 Å². The number of ether oxygens (including phenoxy) is 1. The molecule has 17 heavy (non-hydrogen) atoms. The summed E-state index contributed by atoms with van der Waals surface area (Å²) in [6, 6.07) is 7.76. The second kappa shape index (κ2) is 6.50. The monoisotopic (exact) mass is 299 g/mol. The summed E-state index contributed by atoms with van der Waals surface area (Å²) in [6.45, 7) is 2.27. The van der Waals surface area contributed by atoms with E-state index >= 15 is 0 Å². The number of benzene rings is 1. The Morgan fingerprint density at radius 1 is 1.53 bits per heavy atom. The number of hydrogen-bond acceptors (Lipinski definition) is 3. The molecule has 1 aliphatic rings. The molecule has 0 spiro atoms. The van der Waals surface area contributed by atoms with Crippen molar-refractivity contribution in [1.82, 2.24) is 5.32 Å². The van der Waals surface area contributed by atoms with Crippen LogP contribution < -0.4 is 5.32 Å². The first kappa shape index (κ1) is 13.0. The average Bonchev–Trinajstić information content (AvgIpc) is 2.82. The minimum atomic E-state index is -0.464. The molecule has 2 atom stereocenters. The van der Waals surface area contributed by atoms with Gasteiger partial charge >= 0.3 is 0 Å². The van der Waals surface area contributed by atoms with Crippen LogP contribution in [-0.2, 0) is 4.74 Å². The zero-order chi connectivity index (χ0) is 12.1. The summed E-state index contributed by atoms with van der Waals surface area (Å²) in [5, 5.41) is 13.2. The van der Waals surface area contributed by atoms with Crippen LogP contribution in [0.1, 0.15) is 24.5 Å². The predicted molar refractivity (Wildman–Crippen MR) is 70.9 cm³/mol. The van der Waals surface area contributed by atoms with Crippen LogP contribution in [0.25, 0.3) is 0 Å². The predicted octanol–water partition coefficient (Wildman–Crippen LogP) is 2.25. The standard InChI is InChI=1S/C13H18BrNO2/c14-11-4-1-3-10(7-11)13(16)9-15-8-12-5-2-6-17-12/h1,3-4,7,12-13,15-16H,2,5-6,8-9H2. The largest absolute Gasteiger partial charge is 0.387 e. The molecule has 94 valence electrons. The summed E-state index contributed by atoms with van der Waals surface area (Å²) in [5.41, 5.74) is 0.930. The van der Waals surface area contributed by atoms with Crippen molar-refractivity contribution in [3.05, 3.63) is 34.3 Å². The van der Waals surface area contributed by atoms with Crippen LogP contribution in [0.2, 0.25) is 0 Å². The molecule has 0 bridgehead atoms. The highest BCUT2D eigenvalue weighted by atomic mass is 79.9. The van der Waals surface area contributed by atoms with Gasteiger partial charge in [0.05, 0.1) is 12.2 Å². The van der Waals surface area contributed by atoms with Crippen LogP contribution in [-0.4, -0.2) is 30.9 Å². The van der Waals surface area contributed by atoms with Crippen molar-refractivity contribution in [3.8, 4) is 0 Å². The Balaban J connectivity index is 1.74. The fraction of sp³-hybridized carbons (Fsp3) is 0.538. The highest BCUT2D eigenvalue weighted by molar-refractivity contribution is 9.10. The van der Waals surface area contributed by atoms with Gasteiger partial charge in [-0.1, -0.05) is 28.1 Å². The first-order chi connectivity index (χ1) is 8.25. The van der Waals surface area contributed by atoms with Gasteiger partial charge in [-0.05, 0) is 30.5 Å². The van der Waals surface area contributed by atoms with Crippen molar-refractivity contribution < 1.29 is 9.84 Å². The molecule has 2 rings (SSSR count). The Morgan fingerprint density at radius 2 is 2.41 bits per heavy atom. The number of aliphatic hydroxyl groups is 1. The van der Waals surface area contributed by atoms with E-state index in [-0.39, 0.29) is 0 Å². The molecule has 1 fully saturated rings. The van der Waals surface area contributed by atoms with Gasteiger partial charge in [0.2, 0.25) is 0 Å². The van der Waals surface area contributed by atoms with E-state index in [2.05, 4.69) is 21.2 Å². The van der Waals surface area contributed by atoms with Crippen LogP contribution in [0, 0.1) is 0 Å². The third-order valence-electron chi connectivity index (χ3n) is 2.97. The molecule has 0 saturated carbocycles. The third-order valence-corrected chi connectivity index (χ3v) is 3.46. The molecule has 1 aromatic rings. The summed E-state index contributed by atoms with van der Waals surface area (Å²) in [6.07, 6.45) is 2.14. The lowest BCUT2D eigenvalue weighted by atomic mass is 10.1. The first-order valence-electron chi connectivity index (χ1n) is 6.01. The zero-order valence-corrected chi connectivity index (χ0v) is 11.3. The van der Waals surface area contributed by atoms with Crippen molar-refractivity contribution in [1.29, 1.82) is 0 Å². The van der Waals surface area contributed by atoms with Crippen molar-refractivity contribution in [2.24, 2.45) is 0 Å². The highest BCUT2D eigenvalue weighted by Gasteiger charge is 2.15. The van der Waals surface area contributed by atoms with Gasteiger partial charge in [0.25, 0.3) is 0 Å². The van der Waals surface area contributed by atoms with E-state index < -0.39 is 6.10 Å². The molecule has 1 saturated heterocycles. The van der Waals surface area contributed by atoms with E-state index in [1.807, 2.05) is 24.3 Å². The van der Waals surface area contributed by atoms with Gasteiger partial charge in [0, 0.05) is 24.2 Å². The van der Waals surface area contributed by atoms with Crippen molar-refractivity contribution >= 4 is 15.9 Å². The van der Waals surface area contributed by atoms with Gasteiger partial charge in [-0.15, -0.1) is 0 Å². The first-order valence-corrected chi connectivity index (χ1v) is 6.81. The van der Waals surface area contributed by atoms with Crippen LogP contribution >= 0.6 is 15.9 Å². The quantitative estimate of drug-likeness (QED) is 0.876. The van der Waals surface area contributed by atoms with Crippen LogP contribution in [0.15, 0.2) is 28.7 Å². The summed E-state index contributed by atoms with van der Waals surface area (Å²) in [7, 11) is 0.